The molecule has 0 unspecified atom stereocenters. The predicted molar refractivity (Wildman–Crippen MR) is 78.0 cm³/mol. The Labute approximate surface area is 125 Å². The molecule has 0 aliphatic heterocycles. The molecule has 0 saturated carbocycles. The average molecular weight is 303 g/mol. The zero-order chi connectivity index (χ0) is 14.8. The lowest BCUT2D eigenvalue weighted by Gasteiger charge is -2.06. The van der Waals surface area contributed by atoms with Crippen LogP contribution in [-0.2, 0) is 11.3 Å². The molecule has 21 heavy (non-hydrogen) atoms. The number of carboxylic acids is 1. The number of pyridine rings is 2. The Morgan fingerprint density at radius 1 is 1.38 bits per heavy atom. The number of carboxylic acid groups (broad SMARTS) is 1. The quantitative estimate of drug-likeness (QED) is 0.801. The Hall–Kier alpha value is -2.47. The Morgan fingerprint density at radius 2 is 2.24 bits per heavy atom. The zero-order valence-electron chi connectivity index (χ0n) is 10.9. The van der Waals surface area contributed by atoms with Crippen molar-refractivity contribution in [2.24, 2.45) is 0 Å². The number of rotatable bonds is 4. The fourth-order valence-electron chi connectivity index (χ4n) is 2.12. The summed E-state index contributed by atoms with van der Waals surface area (Å²) in [6.07, 6.45) is 4.86. The van der Waals surface area contributed by atoms with Crippen molar-refractivity contribution in [2.75, 3.05) is 0 Å². The van der Waals surface area contributed by atoms with Crippen LogP contribution in [0.2, 0.25) is 5.02 Å². The minimum absolute atomic E-state index is 0.0109. The van der Waals surface area contributed by atoms with E-state index in [1.165, 1.54) is 6.20 Å². The number of nitrogens with zero attached hydrogens (tertiary/aromatic N) is 4. The van der Waals surface area contributed by atoms with Crippen molar-refractivity contribution in [2.45, 2.75) is 13.0 Å². The number of aryl methyl sites for hydroxylation is 1. The number of imidazole rings is 1. The van der Waals surface area contributed by atoms with Crippen molar-refractivity contribution in [3.63, 3.8) is 0 Å². The van der Waals surface area contributed by atoms with Gasteiger partial charge in [0.05, 0.1) is 11.4 Å². The standard InChI is InChI=1S/C14H11ClN4O2/c15-10-6-11-14(17-8-10)19(5-3-12(20)21)13(18-11)9-2-1-4-16-7-9/h1-2,4,6-8H,3,5H2,(H,20,21). The van der Waals surface area contributed by atoms with Crippen LogP contribution < -0.4 is 0 Å². The van der Waals surface area contributed by atoms with Crippen LogP contribution >= 0.6 is 11.6 Å². The van der Waals surface area contributed by atoms with Gasteiger partial charge in [-0.25, -0.2) is 9.97 Å². The van der Waals surface area contributed by atoms with Gasteiger partial charge in [0.15, 0.2) is 5.65 Å². The largest absolute Gasteiger partial charge is 0.481 e. The van der Waals surface area contributed by atoms with E-state index in [-0.39, 0.29) is 13.0 Å². The zero-order valence-corrected chi connectivity index (χ0v) is 11.7. The van der Waals surface area contributed by atoms with Gasteiger partial charge in [0, 0.05) is 30.7 Å². The summed E-state index contributed by atoms with van der Waals surface area (Å²) in [7, 11) is 0. The third kappa shape index (κ3) is 2.71. The molecule has 3 rings (SSSR count). The number of aliphatic carboxylic acids is 1. The number of carbonyl (C=O) groups is 1. The van der Waals surface area contributed by atoms with Crippen LogP contribution in [0.1, 0.15) is 6.42 Å². The molecule has 6 nitrogen and oxygen atoms in total. The fraction of sp³-hybridized carbons (Fsp3) is 0.143. The summed E-state index contributed by atoms with van der Waals surface area (Å²) in [5, 5.41) is 9.39. The molecular formula is C14H11ClN4O2. The summed E-state index contributed by atoms with van der Waals surface area (Å²) in [5.41, 5.74) is 2.04. The van der Waals surface area contributed by atoms with E-state index in [1.54, 1.807) is 29.1 Å². The molecule has 3 heterocycles. The van der Waals surface area contributed by atoms with Gasteiger partial charge < -0.3 is 9.67 Å². The summed E-state index contributed by atoms with van der Waals surface area (Å²) in [6.45, 7) is 0.282. The molecule has 0 amide bonds. The minimum Gasteiger partial charge on any atom is -0.481 e. The highest BCUT2D eigenvalue weighted by Crippen LogP contribution is 2.25. The Balaban J connectivity index is 2.17. The number of hydrogen-bond donors (Lipinski definition) is 1. The van der Waals surface area contributed by atoms with Crippen molar-refractivity contribution < 1.29 is 9.90 Å². The molecule has 0 fully saturated rings. The molecule has 3 aromatic rings. The molecule has 7 heteroatoms. The minimum atomic E-state index is -0.872. The van der Waals surface area contributed by atoms with Crippen molar-refractivity contribution in [1.82, 2.24) is 19.5 Å². The first-order valence-electron chi connectivity index (χ1n) is 6.29. The lowest BCUT2D eigenvalue weighted by molar-refractivity contribution is -0.137. The first-order chi connectivity index (χ1) is 10.1. The maximum absolute atomic E-state index is 10.8. The van der Waals surface area contributed by atoms with E-state index < -0.39 is 5.97 Å². The van der Waals surface area contributed by atoms with Crippen LogP contribution in [0.3, 0.4) is 0 Å². The smallest absolute Gasteiger partial charge is 0.305 e. The molecule has 0 aliphatic carbocycles. The molecule has 0 saturated heterocycles. The highest BCUT2D eigenvalue weighted by molar-refractivity contribution is 6.31. The van der Waals surface area contributed by atoms with E-state index in [2.05, 4.69) is 15.0 Å². The van der Waals surface area contributed by atoms with Crippen LogP contribution in [-0.4, -0.2) is 30.6 Å². The Morgan fingerprint density at radius 3 is 2.95 bits per heavy atom. The van der Waals surface area contributed by atoms with Crippen LogP contribution in [0.5, 0.6) is 0 Å². The van der Waals surface area contributed by atoms with Gasteiger partial charge in [-0.05, 0) is 18.2 Å². The highest BCUT2D eigenvalue weighted by atomic mass is 35.5. The third-order valence-corrected chi connectivity index (χ3v) is 3.23. The topological polar surface area (TPSA) is 80.9 Å². The summed E-state index contributed by atoms with van der Waals surface area (Å²) in [5.74, 6) is -0.239. The van der Waals surface area contributed by atoms with Crippen molar-refractivity contribution >= 4 is 28.7 Å². The summed E-state index contributed by atoms with van der Waals surface area (Å²) >= 11 is 5.94. The van der Waals surface area contributed by atoms with Gasteiger partial charge in [0.25, 0.3) is 0 Å². The molecule has 0 spiro atoms. The molecule has 106 valence electrons. The second-order valence-electron chi connectivity index (χ2n) is 4.47. The lowest BCUT2D eigenvalue weighted by Crippen LogP contribution is -2.06. The predicted octanol–water partition coefficient (Wildman–Crippen LogP) is 2.62. The van der Waals surface area contributed by atoms with Crippen LogP contribution in [0.15, 0.2) is 36.8 Å². The third-order valence-electron chi connectivity index (χ3n) is 3.02. The van der Waals surface area contributed by atoms with Gasteiger partial charge in [0.2, 0.25) is 0 Å². The van der Waals surface area contributed by atoms with Gasteiger partial charge in [-0.15, -0.1) is 0 Å². The summed E-state index contributed by atoms with van der Waals surface area (Å²) < 4.78 is 1.77. The van der Waals surface area contributed by atoms with E-state index in [0.717, 1.165) is 5.56 Å². The van der Waals surface area contributed by atoms with E-state index in [9.17, 15) is 4.79 Å². The van der Waals surface area contributed by atoms with E-state index in [4.69, 9.17) is 16.7 Å². The molecule has 0 aromatic carbocycles. The summed E-state index contributed by atoms with van der Waals surface area (Å²) in [6, 6.07) is 5.38. The summed E-state index contributed by atoms with van der Waals surface area (Å²) in [4.78, 5) is 23.7. The normalized spacial score (nSPS) is 10.9. The first-order valence-corrected chi connectivity index (χ1v) is 6.67. The van der Waals surface area contributed by atoms with Crippen molar-refractivity contribution in [1.29, 1.82) is 0 Å². The van der Waals surface area contributed by atoms with Gasteiger partial charge >= 0.3 is 5.97 Å². The van der Waals surface area contributed by atoms with Crippen molar-refractivity contribution in [3.8, 4) is 11.4 Å². The second-order valence-corrected chi connectivity index (χ2v) is 4.91. The van der Waals surface area contributed by atoms with Crippen LogP contribution in [0.4, 0.5) is 0 Å². The molecule has 0 aliphatic rings. The van der Waals surface area contributed by atoms with Gasteiger partial charge in [0.1, 0.15) is 11.3 Å². The van der Waals surface area contributed by atoms with Crippen LogP contribution in [0, 0.1) is 0 Å². The Kier molecular flexibility index (Phi) is 3.53. The monoisotopic (exact) mass is 302 g/mol. The van der Waals surface area contributed by atoms with E-state index >= 15 is 0 Å². The van der Waals surface area contributed by atoms with E-state index in [1.807, 2.05) is 6.07 Å². The molecule has 0 radical (unpaired) electrons. The fourth-order valence-corrected chi connectivity index (χ4v) is 2.27. The molecular weight excluding hydrogens is 292 g/mol. The first kappa shape index (κ1) is 13.5. The molecule has 0 bridgehead atoms. The highest BCUT2D eigenvalue weighted by Gasteiger charge is 2.15. The molecule has 0 atom stereocenters. The van der Waals surface area contributed by atoms with Gasteiger partial charge in [-0.3, -0.25) is 9.78 Å². The van der Waals surface area contributed by atoms with Crippen LogP contribution in [0.25, 0.3) is 22.6 Å². The number of fused-ring (bicyclic) bond motifs is 1. The Bertz CT molecular complexity index is 801. The molecule has 1 N–H and O–H groups in total. The average Bonchev–Trinajstić information content (AvgIpc) is 2.83. The van der Waals surface area contributed by atoms with E-state index in [0.29, 0.717) is 22.0 Å². The molecule has 3 aromatic heterocycles. The van der Waals surface area contributed by atoms with Crippen molar-refractivity contribution in [3.05, 3.63) is 41.8 Å². The number of halogens is 1. The maximum Gasteiger partial charge on any atom is 0.305 e. The maximum atomic E-state index is 10.8. The lowest BCUT2D eigenvalue weighted by atomic mass is 10.2. The SMILES string of the molecule is O=C(O)CCn1c(-c2cccnc2)nc2cc(Cl)cnc21. The second kappa shape index (κ2) is 5.49. The number of hydrogen-bond acceptors (Lipinski definition) is 4. The van der Waals surface area contributed by atoms with Gasteiger partial charge in [-0.2, -0.15) is 0 Å². The number of aromatic nitrogens is 4. The van der Waals surface area contributed by atoms with Gasteiger partial charge in [-0.1, -0.05) is 11.6 Å².